The van der Waals surface area contributed by atoms with Crippen molar-refractivity contribution in [3.63, 3.8) is 0 Å². The fraction of sp³-hybridized carbons (Fsp3) is 0.250. The van der Waals surface area contributed by atoms with Gasteiger partial charge in [0.05, 0.1) is 11.9 Å². The molecule has 0 radical (unpaired) electrons. The second-order valence-corrected chi connectivity index (χ2v) is 2.73. The molecule has 0 aliphatic heterocycles. The fourth-order valence-electron chi connectivity index (χ4n) is 0.848. The first-order chi connectivity index (χ1) is 6.09. The summed E-state index contributed by atoms with van der Waals surface area (Å²) in [5.74, 6) is 0.788. The molecule has 0 spiro atoms. The van der Waals surface area contributed by atoms with Crippen molar-refractivity contribution < 1.29 is 9.90 Å². The van der Waals surface area contributed by atoms with E-state index in [0.29, 0.717) is 5.69 Å². The first-order valence-electron chi connectivity index (χ1n) is 3.73. The van der Waals surface area contributed by atoms with Gasteiger partial charge < -0.3 is 10.0 Å². The third-order valence-corrected chi connectivity index (χ3v) is 1.46. The molecule has 1 heterocycles. The van der Waals surface area contributed by atoms with Gasteiger partial charge in [-0.25, -0.2) is 9.78 Å². The number of aromatic nitrogens is 1. The molecule has 5 nitrogen and oxygen atoms in total. The molecule has 1 amide bonds. The summed E-state index contributed by atoms with van der Waals surface area (Å²) in [6.07, 6.45) is 0.392. The number of nitrogens with one attached hydrogen (secondary N) is 1. The molecule has 0 atom stereocenters. The molecule has 70 valence electrons. The molecule has 1 rings (SSSR count). The first-order valence-corrected chi connectivity index (χ1v) is 3.73. The number of hydrogen-bond acceptors (Lipinski definition) is 3. The quantitative estimate of drug-likeness (QED) is 0.720. The molecule has 0 aliphatic rings. The van der Waals surface area contributed by atoms with Crippen LogP contribution in [-0.2, 0) is 0 Å². The van der Waals surface area contributed by atoms with E-state index in [1.54, 1.807) is 12.1 Å². The number of amides is 1. The molecule has 0 saturated carbocycles. The van der Waals surface area contributed by atoms with Crippen molar-refractivity contribution in [1.29, 1.82) is 0 Å². The van der Waals surface area contributed by atoms with E-state index in [-0.39, 0.29) is 0 Å². The van der Waals surface area contributed by atoms with Crippen molar-refractivity contribution in [1.82, 2.24) is 4.98 Å². The monoisotopic (exact) mass is 181 g/mol. The van der Waals surface area contributed by atoms with E-state index in [1.807, 2.05) is 19.0 Å². The zero-order chi connectivity index (χ0) is 9.84. The summed E-state index contributed by atoms with van der Waals surface area (Å²) >= 11 is 0. The average Bonchev–Trinajstić information content (AvgIpc) is 2.04. The normalized spacial score (nSPS) is 9.38. The summed E-state index contributed by atoms with van der Waals surface area (Å²) in [4.78, 5) is 16.1. The summed E-state index contributed by atoms with van der Waals surface area (Å²) in [7, 11) is 3.74. The molecule has 1 aromatic rings. The van der Waals surface area contributed by atoms with E-state index in [0.717, 1.165) is 5.82 Å². The lowest BCUT2D eigenvalue weighted by atomic mass is 10.4. The highest BCUT2D eigenvalue weighted by Crippen LogP contribution is 2.11. The molecular weight excluding hydrogens is 170 g/mol. The van der Waals surface area contributed by atoms with E-state index in [4.69, 9.17) is 5.11 Å². The minimum atomic E-state index is -1.08. The molecule has 13 heavy (non-hydrogen) atoms. The Hall–Kier alpha value is -1.78. The van der Waals surface area contributed by atoms with Gasteiger partial charge in [0.15, 0.2) is 0 Å². The Balaban J connectivity index is 2.75. The predicted molar refractivity (Wildman–Crippen MR) is 50.2 cm³/mol. The van der Waals surface area contributed by atoms with Crippen LogP contribution in [0.1, 0.15) is 0 Å². The van der Waals surface area contributed by atoms with Crippen LogP contribution in [0.4, 0.5) is 16.3 Å². The van der Waals surface area contributed by atoms with Crippen molar-refractivity contribution in [2.45, 2.75) is 0 Å². The zero-order valence-corrected chi connectivity index (χ0v) is 7.48. The van der Waals surface area contributed by atoms with Gasteiger partial charge in [-0.3, -0.25) is 5.32 Å². The van der Waals surface area contributed by atoms with Crippen molar-refractivity contribution in [3.05, 3.63) is 18.3 Å². The van der Waals surface area contributed by atoms with Crippen LogP contribution in [0, 0.1) is 0 Å². The van der Waals surface area contributed by atoms with E-state index < -0.39 is 6.09 Å². The first kappa shape index (κ1) is 9.31. The molecular formula is C8H11N3O2. The molecule has 2 N–H and O–H groups in total. The molecule has 0 aliphatic carbocycles. The number of carboxylic acid groups (broad SMARTS) is 1. The lowest BCUT2D eigenvalue weighted by molar-refractivity contribution is 0.209. The lowest BCUT2D eigenvalue weighted by Gasteiger charge is -2.10. The van der Waals surface area contributed by atoms with Gasteiger partial charge >= 0.3 is 6.09 Å². The smallest absolute Gasteiger partial charge is 0.409 e. The largest absolute Gasteiger partial charge is 0.465 e. The zero-order valence-electron chi connectivity index (χ0n) is 7.48. The SMILES string of the molecule is CN(C)c1ccc(NC(=O)O)cn1. The highest BCUT2D eigenvalue weighted by molar-refractivity contribution is 5.82. The van der Waals surface area contributed by atoms with Crippen LogP contribution in [0.25, 0.3) is 0 Å². The van der Waals surface area contributed by atoms with Crippen LogP contribution in [0.3, 0.4) is 0 Å². The van der Waals surface area contributed by atoms with Crippen LogP contribution in [0.5, 0.6) is 0 Å². The number of nitrogens with zero attached hydrogens (tertiary/aromatic N) is 2. The number of hydrogen-bond donors (Lipinski definition) is 2. The van der Waals surface area contributed by atoms with Gasteiger partial charge in [0, 0.05) is 14.1 Å². The Labute approximate surface area is 76.0 Å². The van der Waals surface area contributed by atoms with Crippen molar-refractivity contribution in [2.75, 3.05) is 24.3 Å². The third-order valence-electron chi connectivity index (χ3n) is 1.46. The van der Waals surface area contributed by atoms with Gasteiger partial charge in [-0.05, 0) is 12.1 Å². The van der Waals surface area contributed by atoms with Crippen molar-refractivity contribution >= 4 is 17.6 Å². The fourth-order valence-corrected chi connectivity index (χ4v) is 0.848. The average molecular weight is 181 g/mol. The molecule has 1 aromatic heterocycles. The second kappa shape index (κ2) is 3.75. The summed E-state index contributed by atoms with van der Waals surface area (Å²) in [5.41, 5.74) is 0.470. The van der Waals surface area contributed by atoms with Crippen LogP contribution in [0.2, 0.25) is 0 Å². The van der Waals surface area contributed by atoms with Gasteiger partial charge in [0.25, 0.3) is 0 Å². The van der Waals surface area contributed by atoms with Gasteiger partial charge in [0.2, 0.25) is 0 Å². The maximum atomic E-state index is 10.2. The standard InChI is InChI=1S/C8H11N3O2/c1-11(2)7-4-3-6(5-9-7)10-8(12)13/h3-5,10H,1-2H3,(H,12,13). The summed E-state index contributed by atoms with van der Waals surface area (Å²) in [5, 5.41) is 10.6. The molecule has 5 heteroatoms. The lowest BCUT2D eigenvalue weighted by Crippen LogP contribution is -2.11. The van der Waals surface area contributed by atoms with E-state index in [1.165, 1.54) is 6.20 Å². The maximum Gasteiger partial charge on any atom is 0.409 e. The summed E-state index contributed by atoms with van der Waals surface area (Å²) in [6.45, 7) is 0. The van der Waals surface area contributed by atoms with E-state index >= 15 is 0 Å². The summed E-state index contributed by atoms with van der Waals surface area (Å²) in [6, 6.07) is 3.40. The number of anilines is 2. The highest BCUT2D eigenvalue weighted by atomic mass is 16.4. The molecule has 0 unspecified atom stereocenters. The second-order valence-electron chi connectivity index (χ2n) is 2.73. The third kappa shape index (κ3) is 2.62. The van der Waals surface area contributed by atoms with Gasteiger partial charge in [0.1, 0.15) is 5.82 Å². The van der Waals surface area contributed by atoms with E-state index in [2.05, 4.69) is 10.3 Å². The van der Waals surface area contributed by atoms with Gasteiger partial charge in [-0.15, -0.1) is 0 Å². The Morgan fingerprint density at radius 1 is 1.54 bits per heavy atom. The minimum absolute atomic E-state index is 0.470. The molecule has 0 aromatic carbocycles. The topological polar surface area (TPSA) is 65.5 Å². The number of rotatable bonds is 2. The number of pyridine rings is 1. The minimum Gasteiger partial charge on any atom is -0.465 e. The van der Waals surface area contributed by atoms with Crippen molar-refractivity contribution in [3.8, 4) is 0 Å². The predicted octanol–water partition coefficient (Wildman–Crippen LogP) is 1.24. The van der Waals surface area contributed by atoms with Crippen LogP contribution in [0.15, 0.2) is 18.3 Å². The number of carbonyl (C=O) groups is 1. The van der Waals surface area contributed by atoms with E-state index in [9.17, 15) is 4.79 Å². The highest BCUT2D eigenvalue weighted by Gasteiger charge is 1.99. The van der Waals surface area contributed by atoms with Crippen LogP contribution < -0.4 is 10.2 Å². The molecule has 0 bridgehead atoms. The van der Waals surface area contributed by atoms with Crippen molar-refractivity contribution in [2.24, 2.45) is 0 Å². The Morgan fingerprint density at radius 2 is 2.23 bits per heavy atom. The Kier molecular flexibility index (Phi) is 2.69. The molecule has 0 saturated heterocycles. The van der Waals surface area contributed by atoms with Crippen LogP contribution >= 0.6 is 0 Å². The molecule has 0 fully saturated rings. The van der Waals surface area contributed by atoms with Crippen LogP contribution in [-0.4, -0.2) is 30.3 Å². The maximum absolute atomic E-state index is 10.2. The van der Waals surface area contributed by atoms with Gasteiger partial charge in [-0.1, -0.05) is 0 Å². The Morgan fingerprint density at radius 3 is 2.62 bits per heavy atom. The Bertz CT molecular complexity index is 295. The summed E-state index contributed by atoms with van der Waals surface area (Å²) < 4.78 is 0. The van der Waals surface area contributed by atoms with Gasteiger partial charge in [-0.2, -0.15) is 0 Å².